The maximum Gasteiger partial charge on any atom is 0.249 e. The summed E-state index contributed by atoms with van der Waals surface area (Å²) in [6.07, 6.45) is 1.96. The fraction of sp³-hybridized carbons (Fsp3) is 0.286. The number of nitrogens with zero attached hydrogens (tertiary/aromatic N) is 6. The van der Waals surface area contributed by atoms with Gasteiger partial charge in [-0.2, -0.15) is 0 Å². The molecule has 1 aliphatic carbocycles. The summed E-state index contributed by atoms with van der Waals surface area (Å²) >= 11 is 9.21. The van der Waals surface area contributed by atoms with Crippen LogP contribution in [0.4, 0.5) is 0 Å². The van der Waals surface area contributed by atoms with Crippen molar-refractivity contribution in [2.45, 2.75) is 30.6 Å². The van der Waals surface area contributed by atoms with Crippen molar-refractivity contribution in [3.8, 4) is 22.2 Å². The van der Waals surface area contributed by atoms with E-state index in [2.05, 4.69) is 20.4 Å². The Kier molecular flexibility index (Phi) is 5.99. The minimum atomic E-state index is 0.00988. The highest BCUT2D eigenvalue weighted by Gasteiger charge is 2.34. The fourth-order valence-electron chi connectivity index (χ4n) is 3.28. The highest BCUT2D eigenvalue weighted by atomic mass is 35.5. The van der Waals surface area contributed by atoms with Crippen molar-refractivity contribution < 1.29 is 9.21 Å². The number of hydrogen-bond donors (Lipinski definition) is 0. The maximum absolute atomic E-state index is 13.0. The fourth-order valence-corrected chi connectivity index (χ4v) is 5.04. The molecule has 11 heteroatoms. The molecule has 1 fully saturated rings. The van der Waals surface area contributed by atoms with Crippen molar-refractivity contribution in [2.75, 3.05) is 5.75 Å². The molecule has 0 saturated heterocycles. The number of halogens is 1. The van der Waals surface area contributed by atoms with Gasteiger partial charge in [-0.1, -0.05) is 41.6 Å². The van der Waals surface area contributed by atoms with Gasteiger partial charge in [-0.05, 0) is 36.4 Å². The third-order valence-corrected chi connectivity index (χ3v) is 7.29. The zero-order valence-electron chi connectivity index (χ0n) is 17.1. The van der Waals surface area contributed by atoms with E-state index in [9.17, 15) is 4.79 Å². The van der Waals surface area contributed by atoms with Crippen LogP contribution in [0.15, 0.2) is 51.4 Å². The number of thiophene rings is 1. The van der Waals surface area contributed by atoms with Crippen LogP contribution in [0, 0.1) is 0 Å². The average Bonchev–Trinajstić information content (AvgIpc) is 3.15. The predicted molar refractivity (Wildman–Crippen MR) is 123 cm³/mol. The van der Waals surface area contributed by atoms with Crippen molar-refractivity contribution in [1.29, 1.82) is 0 Å². The van der Waals surface area contributed by atoms with Gasteiger partial charge in [0.25, 0.3) is 0 Å². The summed E-state index contributed by atoms with van der Waals surface area (Å²) in [5.41, 5.74) is 0.677. The van der Waals surface area contributed by atoms with Crippen molar-refractivity contribution in [1.82, 2.24) is 29.9 Å². The van der Waals surface area contributed by atoms with Crippen LogP contribution in [0.25, 0.3) is 22.2 Å². The molecule has 5 rings (SSSR count). The molecule has 3 aromatic heterocycles. The predicted octanol–water partition coefficient (Wildman–Crippen LogP) is 4.53. The maximum atomic E-state index is 13.0. The highest BCUT2D eigenvalue weighted by molar-refractivity contribution is 7.99. The molecule has 1 saturated carbocycles. The molecule has 0 atom stereocenters. The lowest BCUT2D eigenvalue weighted by molar-refractivity contribution is -0.129. The summed E-state index contributed by atoms with van der Waals surface area (Å²) in [5, 5.41) is 20.0. The first-order valence-electron chi connectivity index (χ1n) is 10.0. The molecule has 0 bridgehead atoms. The largest absolute Gasteiger partial charge is 0.419 e. The molecule has 3 heterocycles. The smallest absolute Gasteiger partial charge is 0.249 e. The molecule has 0 spiro atoms. The molecule has 8 nitrogen and oxygen atoms in total. The Balaban J connectivity index is 1.25. The summed E-state index contributed by atoms with van der Waals surface area (Å²) < 4.78 is 7.72. The molecular formula is C21H19ClN6O2S2. The van der Waals surface area contributed by atoms with Crippen LogP contribution in [0.1, 0.15) is 18.7 Å². The first kappa shape index (κ1) is 21.2. The van der Waals surface area contributed by atoms with Gasteiger partial charge in [0.05, 0.1) is 27.8 Å². The minimum absolute atomic E-state index is 0.00988. The molecular weight excluding hydrogens is 468 g/mol. The van der Waals surface area contributed by atoms with Crippen LogP contribution < -0.4 is 0 Å². The standard InChI is InChI=1S/C21H19ClN6O2S2/c1-27-19(16-7-4-10-31-16)24-26-21(27)32-12-18(29)28(13-8-9-13)11-17-23-25-20(30-17)14-5-2-3-6-15(14)22/h2-7,10,13H,8-9,11-12H2,1H3. The SMILES string of the molecule is Cn1c(SCC(=O)N(Cc2nnc(-c3ccccc3Cl)o2)C2CC2)nnc1-c1cccs1. The quantitative estimate of drug-likeness (QED) is 0.338. The molecule has 0 unspecified atom stereocenters. The molecule has 0 N–H and O–H groups in total. The zero-order chi connectivity index (χ0) is 22.1. The van der Waals surface area contributed by atoms with Crippen LogP contribution in [-0.4, -0.2) is 47.6 Å². The molecule has 1 aliphatic rings. The van der Waals surface area contributed by atoms with Gasteiger partial charge in [0.15, 0.2) is 11.0 Å². The van der Waals surface area contributed by atoms with Gasteiger partial charge < -0.3 is 13.9 Å². The lowest BCUT2D eigenvalue weighted by Crippen LogP contribution is -2.34. The number of rotatable bonds is 8. The summed E-state index contributed by atoms with van der Waals surface area (Å²) in [5.74, 6) is 1.81. The average molecular weight is 487 g/mol. The van der Waals surface area contributed by atoms with E-state index in [0.717, 1.165) is 23.5 Å². The van der Waals surface area contributed by atoms with E-state index in [-0.39, 0.29) is 24.2 Å². The molecule has 4 aromatic rings. The lowest BCUT2D eigenvalue weighted by atomic mass is 10.2. The van der Waals surface area contributed by atoms with E-state index in [1.54, 1.807) is 17.4 Å². The van der Waals surface area contributed by atoms with E-state index < -0.39 is 0 Å². The monoisotopic (exact) mass is 486 g/mol. The summed E-state index contributed by atoms with van der Waals surface area (Å²) in [7, 11) is 1.91. The second-order valence-electron chi connectivity index (χ2n) is 7.36. The Labute approximate surface area is 197 Å². The number of carbonyl (C=O) groups excluding carboxylic acids is 1. The van der Waals surface area contributed by atoms with Gasteiger partial charge >= 0.3 is 0 Å². The van der Waals surface area contributed by atoms with Gasteiger partial charge in [0.2, 0.25) is 17.7 Å². The Hall–Kier alpha value is -2.69. The number of carbonyl (C=O) groups is 1. The van der Waals surface area contributed by atoms with Gasteiger partial charge in [-0.15, -0.1) is 31.7 Å². The molecule has 0 aliphatic heterocycles. The highest BCUT2D eigenvalue weighted by Crippen LogP contribution is 2.32. The van der Waals surface area contributed by atoms with Crippen molar-refractivity contribution in [3.63, 3.8) is 0 Å². The van der Waals surface area contributed by atoms with Gasteiger partial charge in [0, 0.05) is 13.1 Å². The summed E-state index contributed by atoms with van der Waals surface area (Å²) in [6, 6.07) is 11.5. The molecule has 164 valence electrons. The number of amides is 1. The number of benzene rings is 1. The van der Waals surface area contributed by atoms with Crippen molar-refractivity contribution in [3.05, 3.63) is 52.7 Å². The van der Waals surface area contributed by atoms with E-state index in [0.29, 0.717) is 27.5 Å². The van der Waals surface area contributed by atoms with Crippen molar-refractivity contribution in [2.24, 2.45) is 7.05 Å². The van der Waals surface area contributed by atoms with Crippen LogP contribution >= 0.6 is 34.7 Å². The van der Waals surface area contributed by atoms with E-state index in [4.69, 9.17) is 16.0 Å². The van der Waals surface area contributed by atoms with E-state index in [1.165, 1.54) is 11.8 Å². The molecule has 0 radical (unpaired) electrons. The van der Waals surface area contributed by atoms with Gasteiger partial charge in [-0.3, -0.25) is 4.79 Å². The Morgan fingerprint density at radius 3 is 2.81 bits per heavy atom. The third-order valence-electron chi connectivity index (χ3n) is 5.09. The van der Waals surface area contributed by atoms with Crippen LogP contribution in [0.5, 0.6) is 0 Å². The number of aromatic nitrogens is 5. The minimum Gasteiger partial charge on any atom is -0.419 e. The van der Waals surface area contributed by atoms with E-state index in [1.807, 2.05) is 52.2 Å². The van der Waals surface area contributed by atoms with Crippen LogP contribution in [0.2, 0.25) is 5.02 Å². The Morgan fingerprint density at radius 2 is 2.06 bits per heavy atom. The molecule has 1 aromatic carbocycles. The molecule has 1 amide bonds. The Bertz CT molecular complexity index is 1230. The Morgan fingerprint density at radius 1 is 1.22 bits per heavy atom. The molecule has 32 heavy (non-hydrogen) atoms. The number of hydrogen-bond acceptors (Lipinski definition) is 8. The van der Waals surface area contributed by atoms with Crippen molar-refractivity contribution >= 4 is 40.6 Å². The normalized spacial score (nSPS) is 13.4. The topological polar surface area (TPSA) is 89.9 Å². The first-order valence-corrected chi connectivity index (χ1v) is 12.3. The van der Waals surface area contributed by atoms with Crippen LogP contribution in [0.3, 0.4) is 0 Å². The van der Waals surface area contributed by atoms with Gasteiger partial charge in [0.1, 0.15) is 0 Å². The van der Waals surface area contributed by atoms with Crippen LogP contribution in [-0.2, 0) is 18.4 Å². The summed E-state index contributed by atoms with van der Waals surface area (Å²) in [4.78, 5) is 15.9. The third kappa shape index (κ3) is 4.43. The zero-order valence-corrected chi connectivity index (χ0v) is 19.5. The van der Waals surface area contributed by atoms with E-state index >= 15 is 0 Å². The second-order valence-corrected chi connectivity index (χ2v) is 9.66. The van der Waals surface area contributed by atoms with Gasteiger partial charge in [-0.25, -0.2) is 0 Å². The first-order chi connectivity index (χ1) is 15.6. The summed E-state index contributed by atoms with van der Waals surface area (Å²) in [6.45, 7) is 0.279. The number of thioether (sulfide) groups is 1. The second kappa shape index (κ2) is 9.05. The lowest BCUT2D eigenvalue weighted by Gasteiger charge is -2.20.